The minimum absolute atomic E-state index is 0.291. The number of benzene rings is 2. The van der Waals surface area contributed by atoms with E-state index in [2.05, 4.69) is 10.4 Å². The van der Waals surface area contributed by atoms with Gasteiger partial charge in [0, 0.05) is 11.3 Å². The van der Waals surface area contributed by atoms with Crippen LogP contribution in [0.2, 0.25) is 15.1 Å². The first kappa shape index (κ1) is 17.8. The molecule has 0 spiro atoms. The molecule has 1 amide bonds. The zero-order valence-corrected chi connectivity index (χ0v) is 15.7. The van der Waals surface area contributed by atoms with Crippen molar-refractivity contribution in [3.63, 3.8) is 0 Å². The second kappa shape index (κ2) is 7.08. The molecule has 0 radical (unpaired) electrons. The molecule has 1 aromatic heterocycles. The maximum Gasteiger partial charge on any atom is 0.255 e. The van der Waals surface area contributed by atoms with Gasteiger partial charge in [0.2, 0.25) is 0 Å². The van der Waals surface area contributed by atoms with Gasteiger partial charge < -0.3 is 5.32 Å². The van der Waals surface area contributed by atoms with Crippen molar-refractivity contribution in [2.45, 2.75) is 13.8 Å². The second-order valence-corrected chi connectivity index (χ2v) is 6.81. The predicted octanol–water partition coefficient (Wildman–Crippen LogP) is 5.70. The summed E-state index contributed by atoms with van der Waals surface area (Å²) >= 11 is 17.9. The van der Waals surface area contributed by atoms with Crippen molar-refractivity contribution in [1.29, 1.82) is 0 Å². The maximum absolute atomic E-state index is 12.4. The number of nitrogens with one attached hydrogen (secondary N) is 1. The predicted molar refractivity (Wildman–Crippen MR) is 102 cm³/mol. The Balaban J connectivity index is 1.82. The topological polar surface area (TPSA) is 46.9 Å². The van der Waals surface area contributed by atoms with Crippen molar-refractivity contribution in [2.24, 2.45) is 0 Å². The lowest BCUT2D eigenvalue weighted by molar-refractivity contribution is 0.102. The molecule has 0 fully saturated rings. The number of aromatic nitrogens is 2. The van der Waals surface area contributed by atoms with Gasteiger partial charge in [-0.05, 0) is 56.3 Å². The number of hydrogen-bond donors (Lipinski definition) is 1. The van der Waals surface area contributed by atoms with E-state index in [1.165, 1.54) is 12.1 Å². The first-order chi connectivity index (χ1) is 11.8. The molecule has 0 saturated carbocycles. The maximum atomic E-state index is 12.4. The number of rotatable bonds is 3. The van der Waals surface area contributed by atoms with Gasteiger partial charge >= 0.3 is 0 Å². The summed E-state index contributed by atoms with van der Waals surface area (Å²) in [5, 5.41) is 8.13. The largest absolute Gasteiger partial charge is 0.321 e. The summed E-state index contributed by atoms with van der Waals surface area (Å²) < 4.78 is 1.83. The van der Waals surface area contributed by atoms with Crippen LogP contribution in [-0.2, 0) is 0 Å². The van der Waals surface area contributed by atoms with Gasteiger partial charge in [0.05, 0.1) is 32.1 Å². The Morgan fingerprint density at radius 2 is 1.60 bits per heavy atom. The third-order valence-corrected chi connectivity index (χ3v) is 4.68. The summed E-state index contributed by atoms with van der Waals surface area (Å²) in [6.07, 6.45) is 0. The highest BCUT2D eigenvalue weighted by Gasteiger charge is 2.12. The second-order valence-electron chi connectivity index (χ2n) is 5.59. The van der Waals surface area contributed by atoms with E-state index in [-0.39, 0.29) is 5.91 Å². The van der Waals surface area contributed by atoms with Crippen molar-refractivity contribution < 1.29 is 4.79 Å². The first-order valence-corrected chi connectivity index (χ1v) is 8.58. The van der Waals surface area contributed by atoms with Gasteiger partial charge in [-0.25, -0.2) is 4.68 Å². The molecule has 4 nitrogen and oxygen atoms in total. The van der Waals surface area contributed by atoms with Crippen LogP contribution in [0, 0.1) is 13.8 Å². The normalized spacial score (nSPS) is 10.8. The molecule has 7 heteroatoms. The Kier molecular flexibility index (Phi) is 5.04. The van der Waals surface area contributed by atoms with Gasteiger partial charge in [-0.1, -0.05) is 34.8 Å². The summed E-state index contributed by atoms with van der Waals surface area (Å²) in [5.74, 6) is -0.291. The lowest BCUT2D eigenvalue weighted by Crippen LogP contribution is -2.12. The Morgan fingerprint density at radius 3 is 2.20 bits per heavy atom. The molecule has 0 aliphatic carbocycles. The highest BCUT2D eigenvalue weighted by Crippen LogP contribution is 2.32. The zero-order chi connectivity index (χ0) is 18.1. The van der Waals surface area contributed by atoms with E-state index >= 15 is 0 Å². The molecular weight excluding hydrogens is 381 g/mol. The number of anilines is 1. The standard InChI is InChI=1S/C18H14Cl3N3O/c1-10-7-11(2)24(23-10)13-5-3-12(4-6-13)18(25)22-17-9-15(20)14(19)8-16(17)21/h3-9H,1-2H3,(H,22,25). The van der Waals surface area contributed by atoms with Crippen LogP contribution < -0.4 is 5.32 Å². The van der Waals surface area contributed by atoms with Crippen LogP contribution >= 0.6 is 34.8 Å². The van der Waals surface area contributed by atoms with E-state index in [9.17, 15) is 4.79 Å². The summed E-state index contributed by atoms with van der Waals surface area (Å²) in [6, 6.07) is 12.1. The van der Waals surface area contributed by atoms with E-state index < -0.39 is 0 Å². The monoisotopic (exact) mass is 393 g/mol. The molecule has 1 heterocycles. The molecule has 1 N–H and O–H groups in total. The molecule has 3 aromatic rings. The fraction of sp³-hybridized carbons (Fsp3) is 0.111. The molecule has 0 unspecified atom stereocenters. The van der Waals surface area contributed by atoms with Crippen molar-refractivity contribution >= 4 is 46.4 Å². The third kappa shape index (κ3) is 3.82. The average molecular weight is 395 g/mol. The third-order valence-electron chi connectivity index (χ3n) is 3.64. The molecule has 3 rings (SSSR count). The smallest absolute Gasteiger partial charge is 0.255 e. The fourth-order valence-corrected chi connectivity index (χ4v) is 3.05. The summed E-state index contributed by atoms with van der Waals surface area (Å²) in [6.45, 7) is 3.92. The lowest BCUT2D eigenvalue weighted by Gasteiger charge is -2.10. The van der Waals surface area contributed by atoms with Gasteiger partial charge in [-0.15, -0.1) is 0 Å². The SMILES string of the molecule is Cc1cc(C)n(-c2ccc(C(=O)Nc3cc(Cl)c(Cl)cc3Cl)cc2)n1. The van der Waals surface area contributed by atoms with Crippen LogP contribution in [0.4, 0.5) is 5.69 Å². The molecule has 128 valence electrons. The van der Waals surface area contributed by atoms with Gasteiger partial charge in [0.1, 0.15) is 0 Å². The van der Waals surface area contributed by atoms with Gasteiger partial charge in [0.15, 0.2) is 0 Å². The molecule has 0 saturated heterocycles. The molecule has 0 atom stereocenters. The molecule has 0 aliphatic heterocycles. The Labute approximate surface area is 160 Å². The van der Waals surface area contributed by atoms with Crippen LogP contribution in [0.25, 0.3) is 5.69 Å². The quantitative estimate of drug-likeness (QED) is 0.579. The Bertz CT molecular complexity index is 949. The van der Waals surface area contributed by atoms with Crippen LogP contribution in [-0.4, -0.2) is 15.7 Å². The van der Waals surface area contributed by atoms with E-state index in [0.29, 0.717) is 26.3 Å². The number of hydrogen-bond acceptors (Lipinski definition) is 2. The summed E-state index contributed by atoms with van der Waals surface area (Å²) in [5.41, 5.74) is 3.75. The number of carbonyl (C=O) groups excluding carboxylic acids is 1. The minimum atomic E-state index is -0.291. The highest BCUT2D eigenvalue weighted by molar-refractivity contribution is 6.44. The van der Waals surface area contributed by atoms with E-state index in [1.54, 1.807) is 12.1 Å². The Morgan fingerprint density at radius 1 is 0.960 bits per heavy atom. The highest BCUT2D eigenvalue weighted by atomic mass is 35.5. The fourth-order valence-electron chi connectivity index (χ4n) is 2.46. The van der Waals surface area contributed by atoms with Crippen molar-refractivity contribution in [2.75, 3.05) is 5.32 Å². The van der Waals surface area contributed by atoms with E-state index in [1.807, 2.05) is 36.7 Å². The van der Waals surface area contributed by atoms with Crippen molar-refractivity contribution in [3.05, 3.63) is 74.5 Å². The van der Waals surface area contributed by atoms with E-state index in [0.717, 1.165) is 17.1 Å². The molecule has 2 aromatic carbocycles. The first-order valence-electron chi connectivity index (χ1n) is 7.45. The molecular formula is C18H14Cl3N3O. The summed E-state index contributed by atoms with van der Waals surface area (Å²) in [4.78, 5) is 12.4. The van der Waals surface area contributed by atoms with Crippen LogP contribution in [0.15, 0.2) is 42.5 Å². The number of halogens is 3. The number of nitrogens with zero attached hydrogens (tertiary/aromatic N) is 2. The van der Waals surface area contributed by atoms with Crippen LogP contribution in [0.1, 0.15) is 21.7 Å². The summed E-state index contributed by atoms with van der Waals surface area (Å²) in [7, 11) is 0. The van der Waals surface area contributed by atoms with Gasteiger partial charge in [-0.3, -0.25) is 4.79 Å². The minimum Gasteiger partial charge on any atom is -0.321 e. The van der Waals surface area contributed by atoms with Gasteiger partial charge in [0.25, 0.3) is 5.91 Å². The van der Waals surface area contributed by atoms with Crippen LogP contribution in [0.5, 0.6) is 0 Å². The molecule has 0 bridgehead atoms. The number of carbonyl (C=O) groups is 1. The lowest BCUT2D eigenvalue weighted by atomic mass is 10.2. The number of amides is 1. The van der Waals surface area contributed by atoms with Crippen molar-refractivity contribution in [1.82, 2.24) is 9.78 Å². The Hall–Kier alpha value is -2.01. The van der Waals surface area contributed by atoms with Gasteiger partial charge in [-0.2, -0.15) is 5.10 Å². The average Bonchev–Trinajstić information content (AvgIpc) is 2.91. The number of aryl methyl sites for hydroxylation is 2. The zero-order valence-electron chi connectivity index (χ0n) is 13.5. The molecule has 0 aliphatic rings. The molecule has 25 heavy (non-hydrogen) atoms. The van der Waals surface area contributed by atoms with Crippen molar-refractivity contribution in [3.8, 4) is 5.69 Å². The van der Waals surface area contributed by atoms with E-state index in [4.69, 9.17) is 34.8 Å². The van der Waals surface area contributed by atoms with Crippen LogP contribution in [0.3, 0.4) is 0 Å².